The molecule has 1 aromatic carbocycles. The number of hydrogen-bond acceptors (Lipinski definition) is 6. The van der Waals surface area contributed by atoms with Crippen LogP contribution in [0.25, 0.3) is 10.9 Å². The number of benzene rings is 1. The molecule has 0 amide bonds. The van der Waals surface area contributed by atoms with E-state index in [4.69, 9.17) is 0 Å². The van der Waals surface area contributed by atoms with E-state index in [1.165, 1.54) is 16.5 Å². The molecule has 3 fully saturated rings. The lowest BCUT2D eigenvalue weighted by molar-refractivity contribution is 0.301. The molecule has 3 aromatic rings. The van der Waals surface area contributed by atoms with Crippen molar-refractivity contribution in [3.8, 4) is 0 Å². The second kappa shape index (κ2) is 8.96. The fraction of sp³-hybridized carbons (Fsp3) is 0.538. The molecule has 180 valence electrons. The Morgan fingerprint density at radius 1 is 0.971 bits per heavy atom. The summed E-state index contributed by atoms with van der Waals surface area (Å²) in [6, 6.07) is 12.6. The van der Waals surface area contributed by atoms with Crippen LogP contribution in [0.3, 0.4) is 0 Å². The molecule has 1 aliphatic heterocycles. The van der Waals surface area contributed by atoms with Crippen molar-refractivity contribution in [3.63, 3.8) is 0 Å². The highest BCUT2D eigenvalue weighted by Crippen LogP contribution is 2.39. The molecule has 2 aliphatic carbocycles. The van der Waals surface area contributed by atoms with Crippen LogP contribution in [0.1, 0.15) is 50.5 Å². The van der Waals surface area contributed by atoms with Crippen LogP contribution in [-0.2, 0) is 16.4 Å². The fourth-order valence-electron chi connectivity index (χ4n) is 6.40. The molecule has 0 radical (unpaired) electrons. The number of sulfone groups is 1. The number of anilines is 1. The van der Waals surface area contributed by atoms with E-state index in [1.54, 1.807) is 12.1 Å². The summed E-state index contributed by atoms with van der Waals surface area (Å²) in [5.41, 5.74) is 2.57. The number of aromatic amines is 1. The Kier molecular flexibility index (Phi) is 5.81. The van der Waals surface area contributed by atoms with Crippen LogP contribution in [0, 0.1) is 11.8 Å². The summed E-state index contributed by atoms with van der Waals surface area (Å²) in [5.74, 6) is 2.08. The van der Waals surface area contributed by atoms with E-state index in [9.17, 15) is 8.42 Å². The smallest absolute Gasteiger partial charge is 0.200 e. The number of H-pyrrole nitrogens is 1. The second-order valence-corrected chi connectivity index (χ2v) is 12.7. The number of fused-ring (bicyclic) bond motifs is 2. The first-order chi connectivity index (χ1) is 16.5. The minimum Gasteiger partial charge on any atom is -0.366 e. The molecule has 3 atom stereocenters. The molecule has 1 saturated heterocycles. The quantitative estimate of drug-likeness (QED) is 0.545. The highest BCUT2D eigenvalue weighted by Gasteiger charge is 2.41. The molecule has 3 heterocycles. The summed E-state index contributed by atoms with van der Waals surface area (Å²) in [6.45, 7) is 3.27. The van der Waals surface area contributed by atoms with Gasteiger partial charge in [0.25, 0.3) is 0 Å². The van der Waals surface area contributed by atoms with Crippen LogP contribution in [0.15, 0.2) is 47.6 Å². The summed E-state index contributed by atoms with van der Waals surface area (Å²) in [4.78, 5) is 5.89. The number of likely N-dealkylation sites (tertiary alicyclic amines) is 1. The summed E-state index contributed by atoms with van der Waals surface area (Å²) < 4.78 is 25.7. The fourth-order valence-corrected chi connectivity index (χ4v) is 8.11. The van der Waals surface area contributed by atoms with Gasteiger partial charge in [-0.2, -0.15) is 0 Å². The van der Waals surface area contributed by atoms with Crippen LogP contribution in [-0.4, -0.2) is 52.9 Å². The molecule has 2 N–H and O–H groups in total. The molecule has 1 unspecified atom stereocenters. The Bertz CT molecular complexity index is 1240. The van der Waals surface area contributed by atoms with Crippen LogP contribution in [0.2, 0.25) is 0 Å². The molecule has 8 heteroatoms. The van der Waals surface area contributed by atoms with Crippen molar-refractivity contribution in [1.82, 2.24) is 20.1 Å². The molecule has 34 heavy (non-hydrogen) atoms. The number of hydrogen-bond donors (Lipinski definition) is 2. The predicted octanol–water partition coefficient (Wildman–Crippen LogP) is 4.39. The van der Waals surface area contributed by atoms with E-state index in [-0.39, 0.29) is 10.3 Å². The SMILES string of the molecule is O=S(=O)(c1ccc(N[C@@H]2CC3CN(Cc4ccc5cc[nH]c5c4)C[C@H]3C2)nn1)C1CCCCC1. The third kappa shape index (κ3) is 4.33. The molecule has 3 aliphatic rings. The van der Waals surface area contributed by atoms with Gasteiger partial charge in [-0.05, 0) is 72.7 Å². The Hall–Kier alpha value is -2.45. The van der Waals surface area contributed by atoms with Gasteiger partial charge in [-0.25, -0.2) is 8.42 Å². The molecule has 2 saturated carbocycles. The Morgan fingerprint density at radius 3 is 2.50 bits per heavy atom. The van der Waals surface area contributed by atoms with Gasteiger partial charge in [-0.15, -0.1) is 10.2 Å². The molecule has 6 rings (SSSR count). The van der Waals surface area contributed by atoms with Gasteiger partial charge in [0, 0.05) is 37.4 Å². The van der Waals surface area contributed by atoms with Gasteiger partial charge in [0.2, 0.25) is 0 Å². The summed E-state index contributed by atoms with van der Waals surface area (Å²) in [6.07, 6.45) is 8.83. The minimum absolute atomic E-state index is 0.126. The monoisotopic (exact) mass is 479 g/mol. The molecule has 7 nitrogen and oxygen atoms in total. The van der Waals surface area contributed by atoms with Crippen molar-refractivity contribution in [2.45, 2.75) is 67.8 Å². The zero-order chi connectivity index (χ0) is 23.1. The maximum Gasteiger partial charge on any atom is 0.200 e. The van der Waals surface area contributed by atoms with E-state index in [2.05, 4.69) is 49.7 Å². The van der Waals surface area contributed by atoms with Gasteiger partial charge < -0.3 is 10.3 Å². The number of aromatic nitrogens is 3. The zero-order valence-corrected chi connectivity index (χ0v) is 20.3. The van der Waals surface area contributed by atoms with Crippen molar-refractivity contribution in [3.05, 3.63) is 48.2 Å². The average Bonchev–Trinajstić information content (AvgIpc) is 3.55. The summed E-state index contributed by atoms with van der Waals surface area (Å²) in [7, 11) is -3.37. The summed E-state index contributed by atoms with van der Waals surface area (Å²) in [5, 5.41) is 13.0. The number of rotatable bonds is 6. The van der Waals surface area contributed by atoms with Crippen LogP contribution < -0.4 is 5.32 Å². The highest BCUT2D eigenvalue weighted by molar-refractivity contribution is 7.92. The standard InChI is InChI=1S/C26H33N5O2S/c32-34(33,23-4-2-1-3-5-23)26-9-8-25(29-30-26)28-22-13-20-16-31(17-21(20)14-22)15-18-6-7-19-10-11-27-24(19)12-18/h6-12,20-23,27H,1-5,13-17H2,(H,28,29)/t20-,21?,22+/m1/s1. The molecular formula is C26H33N5O2S. The Balaban J connectivity index is 1.03. The van der Waals surface area contributed by atoms with Crippen molar-refractivity contribution in [2.24, 2.45) is 11.8 Å². The van der Waals surface area contributed by atoms with Gasteiger partial charge in [-0.3, -0.25) is 4.90 Å². The highest BCUT2D eigenvalue weighted by atomic mass is 32.2. The first-order valence-electron chi connectivity index (χ1n) is 12.7. The number of nitrogens with one attached hydrogen (secondary N) is 2. The number of nitrogens with zero attached hydrogens (tertiary/aromatic N) is 3. The lowest BCUT2D eigenvalue weighted by Crippen LogP contribution is -2.26. The Morgan fingerprint density at radius 2 is 1.76 bits per heavy atom. The first-order valence-corrected chi connectivity index (χ1v) is 14.2. The van der Waals surface area contributed by atoms with Gasteiger partial charge >= 0.3 is 0 Å². The van der Waals surface area contributed by atoms with Crippen molar-refractivity contribution >= 4 is 26.6 Å². The maximum absolute atomic E-state index is 12.9. The van der Waals surface area contributed by atoms with Crippen LogP contribution in [0.4, 0.5) is 5.82 Å². The third-order valence-corrected chi connectivity index (χ3v) is 10.3. The molecule has 0 bridgehead atoms. The van der Waals surface area contributed by atoms with Crippen LogP contribution >= 0.6 is 0 Å². The minimum atomic E-state index is -3.37. The van der Waals surface area contributed by atoms with E-state index < -0.39 is 9.84 Å². The average molecular weight is 480 g/mol. The van der Waals surface area contributed by atoms with Crippen LogP contribution in [0.5, 0.6) is 0 Å². The van der Waals surface area contributed by atoms with Crippen molar-refractivity contribution < 1.29 is 8.42 Å². The Labute approximate surface area is 201 Å². The normalized spacial score (nSPS) is 26.2. The van der Waals surface area contributed by atoms with Gasteiger partial charge in [0.15, 0.2) is 14.9 Å². The van der Waals surface area contributed by atoms with E-state index >= 15 is 0 Å². The van der Waals surface area contributed by atoms with E-state index in [0.29, 0.717) is 23.7 Å². The third-order valence-electron chi connectivity index (χ3n) is 8.13. The predicted molar refractivity (Wildman–Crippen MR) is 133 cm³/mol. The lowest BCUT2D eigenvalue weighted by atomic mass is 10.0. The van der Waals surface area contributed by atoms with Gasteiger partial charge in [-0.1, -0.05) is 31.4 Å². The first kappa shape index (κ1) is 22.0. The largest absolute Gasteiger partial charge is 0.366 e. The molecule has 2 aromatic heterocycles. The van der Waals surface area contributed by atoms with Crippen molar-refractivity contribution in [2.75, 3.05) is 18.4 Å². The van der Waals surface area contributed by atoms with Gasteiger partial charge in [0.05, 0.1) is 5.25 Å². The molecular weight excluding hydrogens is 446 g/mol. The maximum atomic E-state index is 12.9. The van der Waals surface area contributed by atoms with Crippen molar-refractivity contribution in [1.29, 1.82) is 0 Å². The zero-order valence-electron chi connectivity index (χ0n) is 19.5. The topological polar surface area (TPSA) is 91.0 Å². The summed E-state index contributed by atoms with van der Waals surface area (Å²) >= 11 is 0. The second-order valence-electron chi connectivity index (χ2n) is 10.5. The lowest BCUT2D eigenvalue weighted by Gasteiger charge is -2.21. The van der Waals surface area contributed by atoms with E-state index in [0.717, 1.165) is 64.6 Å². The van der Waals surface area contributed by atoms with Gasteiger partial charge in [0.1, 0.15) is 5.82 Å². The van der Waals surface area contributed by atoms with E-state index in [1.807, 2.05) is 6.20 Å². The molecule has 0 spiro atoms.